The van der Waals surface area contributed by atoms with E-state index in [-0.39, 0.29) is 11.6 Å². The molecule has 1 aromatic carbocycles. The lowest BCUT2D eigenvalue weighted by molar-refractivity contribution is 0.0988. The van der Waals surface area contributed by atoms with E-state index in [4.69, 9.17) is 4.42 Å². The Hall–Kier alpha value is -2.67. The fourth-order valence-corrected chi connectivity index (χ4v) is 4.15. The van der Waals surface area contributed by atoms with Crippen molar-refractivity contribution in [1.29, 1.82) is 0 Å². The largest absolute Gasteiger partial charge is 0.411 e. The fourth-order valence-electron chi connectivity index (χ4n) is 3.40. The molecule has 3 aromatic rings. The average Bonchev–Trinajstić information content (AvgIpc) is 3.17. The first-order valence-electron chi connectivity index (χ1n) is 9.00. The number of nitrogens with zero attached hydrogens (tertiary/aromatic N) is 2. The third-order valence-corrected chi connectivity index (χ3v) is 5.49. The number of ketones is 2. The highest BCUT2D eigenvalue weighted by molar-refractivity contribution is 8.00. The molecule has 2 aromatic heterocycles. The zero-order chi connectivity index (χ0) is 20.6. The molecule has 0 fully saturated rings. The number of Topliss-reactive ketones (excluding diaryl/α,β-unsaturated/α-hetero) is 2. The molecular formula is C21H23N3O3S. The number of H-pyrrole nitrogens is 1. The van der Waals surface area contributed by atoms with E-state index < -0.39 is 5.25 Å². The second-order valence-electron chi connectivity index (χ2n) is 7.06. The molecule has 3 rings (SSSR count). The van der Waals surface area contributed by atoms with Crippen LogP contribution < -0.4 is 0 Å². The summed E-state index contributed by atoms with van der Waals surface area (Å²) >= 11 is 1.21. The highest BCUT2D eigenvalue weighted by Gasteiger charge is 2.25. The third-order valence-electron chi connectivity index (χ3n) is 4.56. The molecule has 146 valence electrons. The van der Waals surface area contributed by atoms with E-state index in [1.165, 1.54) is 18.7 Å². The normalized spacial score (nSPS) is 12.2. The Balaban J connectivity index is 1.79. The first-order chi connectivity index (χ1) is 13.2. The van der Waals surface area contributed by atoms with Crippen LogP contribution in [0.3, 0.4) is 0 Å². The van der Waals surface area contributed by atoms with Gasteiger partial charge in [-0.15, -0.1) is 10.2 Å². The SMILES string of the molecule is CC(=O)c1c(C)[nH]c(C(=O)C(C)Sc2nnc(-c3cc(C)cc(C)c3)o2)c1C. The molecule has 0 aliphatic rings. The summed E-state index contributed by atoms with van der Waals surface area (Å²) in [4.78, 5) is 27.7. The lowest BCUT2D eigenvalue weighted by atomic mass is 10.0. The van der Waals surface area contributed by atoms with E-state index in [9.17, 15) is 9.59 Å². The second-order valence-corrected chi connectivity index (χ2v) is 8.35. The number of carbonyl (C=O) groups excluding carboxylic acids is 2. The minimum absolute atomic E-state index is 0.0550. The number of hydrogen-bond acceptors (Lipinski definition) is 6. The van der Waals surface area contributed by atoms with Crippen LogP contribution in [0.4, 0.5) is 0 Å². The van der Waals surface area contributed by atoms with Gasteiger partial charge in [0.15, 0.2) is 11.6 Å². The van der Waals surface area contributed by atoms with E-state index >= 15 is 0 Å². The van der Waals surface area contributed by atoms with Crippen LogP contribution in [-0.4, -0.2) is 32.0 Å². The van der Waals surface area contributed by atoms with E-state index in [1.54, 1.807) is 20.8 Å². The lowest BCUT2D eigenvalue weighted by Crippen LogP contribution is -2.15. The van der Waals surface area contributed by atoms with Gasteiger partial charge >= 0.3 is 0 Å². The minimum Gasteiger partial charge on any atom is -0.411 e. The molecule has 0 radical (unpaired) electrons. The Morgan fingerprint density at radius 3 is 2.29 bits per heavy atom. The van der Waals surface area contributed by atoms with E-state index in [0.717, 1.165) is 16.7 Å². The van der Waals surface area contributed by atoms with Crippen molar-refractivity contribution in [3.8, 4) is 11.5 Å². The molecule has 1 unspecified atom stereocenters. The number of benzene rings is 1. The highest BCUT2D eigenvalue weighted by Crippen LogP contribution is 2.30. The van der Waals surface area contributed by atoms with Crippen LogP contribution in [0.5, 0.6) is 0 Å². The quantitative estimate of drug-likeness (QED) is 0.472. The van der Waals surface area contributed by atoms with E-state index in [2.05, 4.69) is 21.2 Å². The Morgan fingerprint density at radius 2 is 1.71 bits per heavy atom. The van der Waals surface area contributed by atoms with Gasteiger partial charge in [0.2, 0.25) is 5.89 Å². The number of nitrogens with one attached hydrogen (secondary N) is 1. The first kappa shape index (κ1) is 20.1. The Kier molecular flexibility index (Phi) is 5.56. The number of aromatic amines is 1. The van der Waals surface area contributed by atoms with Crippen molar-refractivity contribution in [2.24, 2.45) is 0 Å². The molecule has 2 heterocycles. The second kappa shape index (κ2) is 7.75. The number of rotatable bonds is 6. The van der Waals surface area contributed by atoms with Gasteiger partial charge in [-0.3, -0.25) is 9.59 Å². The molecule has 0 bridgehead atoms. The molecule has 0 spiro atoms. The standard InChI is InChI=1S/C21H23N3O3S/c1-10-7-11(2)9-16(8-10)20-23-24-21(27-20)28-15(6)19(26)18-12(3)17(14(5)25)13(4)22-18/h7-9,15,22H,1-6H3. The smallest absolute Gasteiger partial charge is 0.277 e. The van der Waals surface area contributed by atoms with Crippen molar-refractivity contribution in [3.63, 3.8) is 0 Å². The van der Waals surface area contributed by atoms with Gasteiger partial charge in [0, 0.05) is 16.8 Å². The van der Waals surface area contributed by atoms with Gasteiger partial charge in [-0.1, -0.05) is 29.0 Å². The van der Waals surface area contributed by atoms with Gasteiger partial charge < -0.3 is 9.40 Å². The molecule has 7 heteroatoms. The van der Waals surface area contributed by atoms with E-state index in [0.29, 0.717) is 33.6 Å². The minimum atomic E-state index is -0.441. The summed E-state index contributed by atoms with van der Waals surface area (Å²) in [6, 6.07) is 6.04. The maximum absolute atomic E-state index is 12.9. The van der Waals surface area contributed by atoms with Crippen LogP contribution in [0, 0.1) is 27.7 Å². The van der Waals surface area contributed by atoms with E-state index in [1.807, 2.05) is 26.0 Å². The third kappa shape index (κ3) is 3.94. The van der Waals surface area contributed by atoms with Crippen LogP contribution in [-0.2, 0) is 0 Å². The van der Waals surface area contributed by atoms with Crippen molar-refractivity contribution in [1.82, 2.24) is 15.2 Å². The summed E-state index contributed by atoms with van der Waals surface area (Å²) in [5.41, 5.74) is 5.52. The number of hydrogen-bond donors (Lipinski definition) is 1. The van der Waals surface area contributed by atoms with Gasteiger partial charge in [-0.2, -0.15) is 0 Å². The topological polar surface area (TPSA) is 88.9 Å². The maximum atomic E-state index is 12.9. The van der Waals surface area contributed by atoms with Crippen LogP contribution in [0.1, 0.15) is 57.1 Å². The van der Waals surface area contributed by atoms with Gasteiger partial charge in [0.05, 0.1) is 10.9 Å². The molecule has 6 nitrogen and oxygen atoms in total. The summed E-state index contributed by atoms with van der Waals surface area (Å²) in [5, 5.41) is 8.08. The highest BCUT2D eigenvalue weighted by atomic mass is 32.2. The van der Waals surface area contributed by atoms with Gasteiger partial charge in [-0.05, 0) is 59.2 Å². The lowest BCUT2D eigenvalue weighted by Gasteiger charge is -2.07. The number of thioether (sulfide) groups is 1. The monoisotopic (exact) mass is 397 g/mol. The molecule has 0 saturated carbocycles. The van der Waals surface area contributed by atoms with Crippen molar-refractivity contribution in [2.75, 3.05) is 0 Å². The van der Waals surface area contributed by atoms with Gasteiger partial charge in [0.25, 0.3) is 5.22 Å². The van der Waals surface area contributed by atoms with Crippen molar-refractivity contribution in [3.05, 3.63) is 51.8 Å². The van der Waals surface area contributed by atoms with Crippen molar-refractivity contribution >= 4 is 23.3 Å². The molecule has 0 aliphatic carbocycles. The van der Waals surface area contributed by atoms with Crippen LogP contribution in [0.15, 0.2) is 27.8 Å². The summed E-state index contributed by atoms with van der Waals surface area (Å²) in [6.45, 7) is 10.9. The fraction of sp³-hybridized carbons (Fsp3) is 0.333. The predicted molar refractivity (Wildman–Crippen MR) is 109 cm³/mol. The molecule has 28 heavy (non-hydrogen) atoms. The van der Waals surface area contributed by atoms with Crippen molar-refractivity contribution in [2.45, 2.75) is 52.0 Å². The number of aromatic nitrogens is 3. The Bertz CT molecular complexity index is 1040. The Labute approximate surface area is 168 Å². The maximum Gasteiger partial charge on any atom is 0.277 e. The molecule has 0 aliphatic heterocycles. The molecule has 0 amide bonds. The predicted octanol–water partition coefficient (Wildman–Crippen LogP) is 4.86. The van der Waals surface area contributed by atoms with Crippen molar-refractivity contribution < 1.29 is 14.0 Å². The van der Waals surface area contributed by atoms with Crippen LogP contribution in [0.2, 0.25) is 0 Å². The zero-order valence-electron chi connectivity index (χ0n) is 16.8. The summed E-state index contributed by atoms with van der Waals surface area (Å²) < 4.78 is 5.76. The van der Waals surface area contributed by atoms with Gasteiger partial charge in [-0.25, -0.2) is 0 Å². The molecule has 0 saturated heterocycles. The molecule has 1 atom stereocenters. The van der Waals surface area contributed by atoms with Crippen LogP contribution >= 0.6 is 11.8 Å². The summed E-state index contributed by atoms with van der Waals surface area (Å²) in [6.07, 6.45) is 0. The zero-order valence-corrected chi connectivity index (χ0v) is 17.7. The average molecular weight is 398 g/mol. The number of aryl methyl sites for hydroxylation is 3. The molecular weight excluding hydrogens is 374 g/mol. The summed E-state index contributed by atoms with van der Waals surface area (Å²) in [5.74, 6) is 0.268. The van der Waals surface area contributed by atoms with Crippen LogP contribution in [0.25, 0.3) is 11.5 Å². The molecule has 1 N–H and O–H groups in total. The Morgan fingerprint density at radius 1 is 1.07 bits per heavy atom. The number of carbonyl (C=O) groups is 2. The first-order valence-corrected chi connectivity index (χ1v) is 9.88. The van der Waals surface area contributed by atoms with Gasteiger partial charge in [0.1, 0.15) is 0 Å². The summed E-state index contributed by atoms with van der Waals surface area (Å²) in [7, 11) is 0.